The van der Waals surface area contributed by atoms with E-state index in [1.54, 1.807) is 18.2 Å². The molecule has 2 heterocycles. The lowest BCUT2D eigenvalue weighted by molar-refractivity contribution is -0.138. The van der Waals surface area contributed by atoms with Gasteiger partial charge in [-0.05, 0) is 75.0 Å². The normalized spacial score (nSPS) is 34.1. The molecule has 3 fully saturated rings. The number of rotatable bonds is 3. The summed E-state index contributed by atoms with van der Waals surface area (Å²) in [6.45, 7) is 4.96. The molecule has 0 unspecified atom stereocenters. The summed E-state index contributed by atoms with van der Waals surface area (Å²) in [5.74, 6) is 0.913. The lowest BCUT2D eigenvalue weighted by Gasteiger charge is -2.52. The molecule has 148 valence electrons. The molecule has 27 heavy (non-hydrogen) atoms. The molecule has 2 saturated heterocycles. The van der Waals surface area contributed by atoms with Gasteiger partial charge in [-0.25, -0.2) is 13.1 Å². The van der Waals surface area contributed by atoms with Gasteiger partial charge >= 0.3 is 0 Å². The number of nitrogens with one attached hydrogen (secondary N) is 1. The number of hydrogen-bond donors (Lipinski definition) is 1. The molecule has 4 atom stereocenters. The van der Waals surface area contributed by atoms with Gasteiger partial charge < -0.3 is 4.90 Å². The summed E-state index contributed by atoms with van der Waals surface area (Å²) >= 11 is 0. The van der Waals surface area contributed by atoms with Crippen molar-refractivity contribution in [2.24, 2.45) is 11.8 Å². The Hall–Kier alpha value is -1.40. The van der Waals surface area contributed by atoms with Crippen molar-refractivity contribution in [2.45, 2.75) is 75.3 Å². The molecule has 3 aliphatic rings. The molecule has 5 nitrogen and oxygen atoms in total. The SMILES string of the molecule is Cc1cccc(S(=O)(=O)N[C@H]2CC[C@@]34CCCN3C(=O)CCC[C@H]4[C@H]2C)c1. The monoisotopic (exact) mass is 390 g/mol. The Bertz CT molecular complexity index is 838. The second kappa shape index (κ2) is 6.89. The van der Waals surface area contributed by atoms with Crippen molar-refractivity contribution in [1.29, 1.82) is 0 Å². The minimum atomic E-state index is -3.53. The molecule has 1 spiro atoms. The standard InChI is InChI=1S/C21H30N2O3S/c1-15-6-3-7-17(14-15)27(25,26)22-19-10-12-21-11-5-13-23(21)20(24)9-4-8-18(21)16(19)2/h3,6-7,14,16,18-19,22H,4-5,8-13H2,1-2H3/t16-,18+,19+,21-/m1/s1. The van der Waals surface area contributed by atoms with Gasteiger partial charge in [-0.2, -0.15) is 0 Å². The third-order valence-corrected chi connectivity index (χ3v) is 8.68. The van der Waals surface area contributed by atoms with E-state index in [2.05, 4.69) is 16.5 Å². The van der Waals surface area contributed by atoms with E-state index < -0.39 is 10.0 Å². The summed E-state index contributed by atoms with van der Waals surface area (Å²) in [6, 6.07) is 7.01. The second-order valence-electron chi connectivity index (χ2n) is 8.69. The summed E-state index contributed by atoms with van der Waals surface area (Å²) < 4.78 is 28.9. The van der Waals surface area contributed by atoms with Crippen LogP contribution in [-0.2, 0) is 14.8 Å². The highest BCUT2D eigenvalue weighted by Gasteiger charge is 2.55. The van der Waals surface area contributed by atoms with E-state index in [0.29, 0.717) is 23.1 Å². The van der Waals surface area contributed by atoms with E-state index >= 15 is 0 Å². The molecule has 2 aliphatic heterocycles. The average molecular weight is 391 g/mol. The van der Waals surface area contributed by atoms with E-state index in [1.165, 1.54) is 0 Å². The second-order valence-corrected chi connectivity index (χ2v) is 10.4. The van der Waals surface area contributed by atoms with Crippen molar-refractivity contribution in [2.75, 3.05) is 6.54 Å². The highest BCUT2D eigenvalue weighted by molar-refractivity contribution is 7.89. The lowest BCUT2D eigenvalue weighted by Crippen LogP contribution is -2.59. The van der Waals surface area contributed by atoms with Crippen LogP contribution in [0.15, 0.2) is 29.2 Å². The van der Waals surface area contributed by atoms with Gasteiger partial charge in [0.2, 0.25) is 15.9 Å². The Balaban J connectivity index is 1.58. The molecule has 1 N–H and O–H groups in total. The fourth-order valence-electron chi connectivity index (χ4n) is 5.90. The van der Waals surface area contributed by atoms with Crippen molar-refractivity contribution in [3.05, 3.63) is 29.8 Å². The molecular weight excluding hydrogens is 360 g/mol. The third kappa shape index (κ3) is 3.21. The maximum atomic E-state index is 12.9. The van der Waals surface area contributed by atoms with Crippen LogP contribution in [0.1, 0.15) is 57.4 Å². The maximum Gasteiger partial charge on any atom is 0.240 e. The minimum absolute atomic E-state index is 0.0295. The van der Waals surface area contributed by atoms with E-state index in [4.69, 9.17) is 0 Å². The van der Waals surface area contributed by atoms with Gasteiger partial charge in [0.25, 0.3) is 0 Å². The first-order valence-corrected chi connectivity index (χ1v) is 11.7. The number of benzene rings is 1. The van der Waals surface area contributed by atoms with Gasteiger partial charge in [-0.1, -0.05) is 19.1 Å². The van der Waals surface area contributed by atoms with Crippen molar-refractivity contribution in [3.63, 3.8) is 0 Å². The number of sulfonamides is 1. The molecule has 0 bridgehead atoms. The van der Waals surface area contributed by atoms with Crippen molar-refractivity contribution in [3.8, 4) is 0 Å². The molecule has 1 aliphatic carbocycles. The van der Waals surface area contributed by atoms with E-state index in [1.807, 2.05) is 13.0 Å². The summed E-state index contributed by atoms with van der Waals surface area (Å²) in [5.41, 5.74) is 0.913. The fraction of sp³-hybridized carbons (Fsp3) is 0.667. The molecule has 1 aromatic rings. The van der Waals surface area contributed by atoms with Crippen molar-refractivity contribution < 1.29 is 13.2 Å². The first-order valence-electron chi connectivity index (χ1n) is 10.2. The van der Waals surface area contributed by atoms with Crippen LogP contribution in [0.25, 0.3) is 0 Å². The highest BCUT2D eigenvalue weighted by Crippen LogP contribution is 2.51. The maximum absolute atomic E-state index is 12.9. The van der Waals surface area contributed by atoms with Crippen LogP contribution in [0.2, 0.25) is 0 Å². The summed E-state index contributed by atoms with van der Waals surface area (Å²) in [6.07, 6.45) is 6.45. The van der Waals surface area contributed by atoms with Gasteiger partial charge in [-0.15, -0.1) is 0 Å². The molecular formula is C21H30N2O3S. The van der Waals surface area contributed by atoms with Gasteiger partial charge in [-0.3, -0.25) is 4.79 Å². The average Bonchev–Trinajstić information content (AvgIpc) is 2.99. The fourth-order valence-corrected chi connectivity index (χ4v) is 7.36. The van der Waals surface area contributed by atoms with Gasteiger partial charge in [0.1, 0.15) is 0 Å². The number of aryl methyl sites for hydroxylation is 1. The molecule has 1 amide bonds. The predicted octanol–water partition coefficient (Wildman–Crippen LogP) is 3.23. The number of amides is 1. The molecule has 1 saturated carbocycles. The van der Waals surface area contributed by atoms with Crippen LogP contribution >= 0.6 is 0 Å². The van der Waals surface area contributed by atoms with Crippen LogP contribution in [0.4, 0.5) is 0 Å². The predicted molar refractivity (Wildman–Crippen MR) is 105 cm³/mol. The molecule has 0 aromatic heterocycles. The van der Waals surface area contributed by atoms with Crippen LogP contribution in [0.3, 0.4) is 0 Å². The van der Waals surface area contributed by atoms with E-state index in [0.717, 1.165) is 50.6 Å². The molecule has 0 radical (unpaired) electrons. The summed E-state index contributed by atoms with van der Waals surface area (Å²) in [7, 11) is -3.53. The summed E-state index contributed by atoms with van der Waals surface area (Å²) in [4.78, 5) is 15.1. The molecule has 1 aromatic carbocycles. The third-order valence-electron chi connectivity index (χ3n) is 7.19. The molecule has 6 heteroatoms. The lowest BCUT2D eigenvalue weighted by atomic mass is 9.63. The number of carbonyl (C=O) groups is 1. The van der Waals surface area contributed by atoms with Crippen LogP contribution in [-0.4, -0.2) is 37.4 Å². The van der Waals surface area contributed by atoms with Crippen molar-refractivity contribution in [1.82, 2.24) is 9.62 Å². The number of hydrogen-bond acceptors (Lipinski definition) is 3. The zero-order valence-corrected chi connectivity index (χ0v) is 17.1. The Kier molecular flexibility index (Phi) is 4.83. The summed E-state index contributed by atoms with van der Waals surface area (Å²) in [5, 5.41) is 0. The van der Waals surface area contributed by atoms with E-state index in [-0.39, 0.29) is 17.5 Å². The Morgan fingerprint density at radius 3 is 2.78 bits per heavy atom. The number of nitrogens with zero attached hydrogens (tertiary/aromatic N) is 1. The minimum Gasteiger partial charge on any atom is -0.337 e. The van der Waals surface area contributed by atoms with Crippen LogP contribution < -0.4 is 4.72 Å². The van der Waals surface area contributed by atoms with Crippen LogP contribution in [0, 0.1) is 18.8 Å². The van der Waals surface area contributed by atoms with Gasteiger partial charge in [0.15, 0.2) is 0 Å². The zero-order chi connectivity index (χ0) is 19.2. The quantitative estimate of drug-likeness (QED) is 0.862. The van der Waals surface area contributed by atoms with Gasteiger partial charge in [0, 0.05) is 24.5 Å². The smallest absolute Gasteiger partial charge is 0.240 e. The Morgan fingerprint density at radius 1 is 1.19 bits per heavy atom. The highest BCUT2D eigenvalue weighted by atomic mass is 32.2. The number of carbonyl (C=O) groups excluding carboxylic acids is 1. The van der Waals surface area contributed by atoms with Gasteiger partial charge in [0.05, 0.1) is 4.90 Å². The Morgan fingerprint density at radius 2 is 2.00 bits per heavy atom. The van der Waals surface area contributed by atoms with Crippen LogP contribution in [0.5, 0.6) is 0 Å². The largest absolute Gasteiger partial charge is 0.337 e. The van der Waals surface area contributed by atoms with Crippen molar-refractivity contribution >= 4 is 15.9 Å². The topological polar surface area (TPSA) is 66.5 Å². The van der Waals surface area contributed by atoms with E-state index in [9.17, 15) is 13.2 Å². The zero-order valence-electron chi connectivity index (χ0n) is 16.3. The molecule has 4 rings (SSSR count). The Labute approximate surface area is 162 Å². The first-order chi connectivity index (χ1) is 12.8. The first kappa shape index (κ1) is 18.9.